The van der Waals surface area contributed by atoms with Gasteiger partial charge in [-0.25, -0.2) is 9.97 Å². The van der Waals surface area contributed by atoms with Crippen LogP contribution in [0.1, 0.15) is 34.3 Å². The molecule has 0 N–H and O–H groups in total. The molecule has 3 aromatic rings. The minimum Gasteiger partial charge on any atom is -0.474 e. The molecule has 3 atom stereocenters. The molecule has 0 radical (unpaired) electrons. The van der Waals surface area contributed by atoms with Gasteiger partial charge in [0.25, 0.3) is 5.91 Å². The van der Waals surface area contributed by atoms with Gasteiger partial charge in [0.05, 0.1) is 21.2 Å². The molecule has 1 saturated heterocycles. The van der Waals surface area contributed by atoms with Crippen molar-refractivity contribution in [1.82, 2.24) is 14.9 Å². The third kappa shape index (κ3) is 5.82. The highest BCUT2D eigenvalue weighted by Crippen LogP contribution is 2.39. The second kappa shape index (κ2) is 10.2. The molecule has 0 bridgehead atoms. The van der Waals surface area contributed by atoms with Crippen LogP contribution in [0.4, 0.5) is 13.2 Å². The maximum Gasteiger partial charge on any atom is 0.417 e. The Hall–Kier alpha value is -2.55. The van der Waals surface area contributed by atoms with Crippen molar-refractivity contribution in [2.24, 2.45) is 5.92 Å². The third-order valence-electron chi connectivity index (χ3n) is 5.97. The highest BCUT2D eigenvalue weighted by Gasteiger charge is 2.41. The van der Waals surface area contributed by atoms with E-state index in [0.29, 0.717) is 28.7 Å². The zero-order valence-electron chi connectivity index (χ0n) is 18.3. The van der Waals surface area contributed by atoms with Gasteiger partial charge in [0.2, 0.25) is 5.88 Å². The van der Waals surface area contributed by atoms with Gasteiger partial charge < -0.3 is 9.64 Å². The summed E-state index contributed by atoms with van der Waals surface area (Å²) in [6, 6.07) is 10.5. The first kappa shape index (κ1) is 25.5. The maximum atomic E-state index is 13.2. The minimum atomic E-state index is -4.49. The summed E-state index contributed by atoms with van der Waals surface area (Å²) < 4.78 is 44.5. The first-order valence-electron chi connectivity index (χ1n) is 10.6. The SMILES string of the molecule is C[C@H](Oc1ccc(C(F)(F)F)cn1)C1CN(C(=O)c2ccc(Cl)nc2)C[C@@H]1c1ccc(Cl)c(Cl)c1. The molecule has 0 spiro atoms. The Morgan fingerprint density at radius 1 is 1.03 bits per heavy atom. The first-order valence-corrected chi connectivity index (χ1v) is 11.7. The molecule has 5 nitrogen and oxygen atoms in total. The molecule has 0 saturated carbocycles. The number of rotatable bonds is 5. The van der Waals surface area contributed by atoms with Crippen LogP contribution in [0.2, 0.25) is 15.2 Å². The summed E-state index contributed by atoms with van der Waals surface area (Å²) in [4.78, 5) is 22.6. The van der Waals surface area contributed by atoms with Gasteiger partial charge in [0.1, 0.15) is 11.3 Å². The second-order valence-electron chi connectivity index (χ2n) is 8.23. The van der Waals surface area contributed by atoms with E-state index in [1.807, 2.05) is 6.07 Å². The van der Waals surface area contributed by atoms with Crippen LogP contribution >= 0.6 is 34.8 Å². The summed E-state index contributed by atoms with van der Waals surface area (Å²) in [5.74, 6) is -0.536. The number of alkyl halides is 3. The molecule has 3 heterocycles. The lowest BCUT2D eigenvalue weighted by Gasteiger charge is -2.25. The molecule has 0 aliphatic carbocycles. The van der Waals surface area contributed by atoms with Crippen molar-refractivity contribution in [2.45, 2.75) is 25.1 Å². The number of amides is 1. The molecular weight excluding hydrogens is 526 g/mol. The fraction of sp³-hybridized carbons (Fsp3) is 0.292. The van der Waals surface area contributed by atoms with E-state index >= 15 is 0 Å². The number of aromatic nitrogens is 2. The van der Waals surface area contributed by atoms with E-state index in [-0.39, 0.29) is 28.8 Å². The number of pyridine rings is 2. The Bertz CT molecular complexity index is 1210. The Labute approximate surface area is 214 Å². The molecule has 184 valence electrons. The van der Waals surface area contributed by atoms with Gasteiger partial charge in [-0.05, 0) is 42.8 Å². The van der Waals surface area contributed by atoms with E-state index in [4.69, 9.17) is 39.5 Å². The highest BCUT2D eigenvalue weighted by molar-refractivity contribution is 6.42. The quantitative estimate of drug-likeness (QED) is 0.332. The lowest BCUT2D eigenvalue weighted by molar-refractivity contribution is -0.137. The van der Waals surface area contributed by atoms with Crippen LogP contribution in [0.3, 0.4) is 0 Å². The summed E-state index contributed by atoms with van der Waals surface area (Å²) in [7, 11) is 0. The van der Waals surface area contributed by atoms with Crippen molar-refractivity contribution in [3.05, 3.63) is 86.7 Å². The Morgan fingerprint density at radius 2 is 1.80 bits per heavy atom. The van der Waals surface area contributed by atoms with Crippen molar-refractivity contribution in [1.29, 1.82) is 0 Å². The van der Waals surface area contributed by atoms with Gasteiger partial charge in [0, 0.05) is 43.4 Å². The zero-order chi connectivity index (χ0) is 25.3. The van der Waals surface area contributed by atoms with Crippen LogP contribution in [0.25, 0.3) is 0 Å². The number of halogens is 6. The smallest absolute Gasteiger partial charge is 0.417 e. The molecule has 2 aromatic heterocycles. The third-order valence-corrected chi connectivity index (χ3v) is 6.93. The summed E-state index contributed by atoms with van der Waals surface area (Å²) in [6.45, 7) is 2.51. The monoisotopic (exact) mass is 543 g/mol. The normalized spacial score (nSPS) is 19.0. The van der Waals surface area contributed by atoms with E-state index in [0.717, 1.165) is 17.8 Å². The van der Waals surface area contributed by atoms with Gasteiger partial charge >= 0.3 is 6.18 Å². The molecule has 1 unspecified atom stereocenters. The highest BCUT2D eigenvalue weighted by atomic mass is 35.5. The average molecular weight is 545 g/mol. The molecule has 4 rings (SSSR count). The number of hydrogen-bond donors (Lipinski definition) is 0. The maximum absolute atomic E-state index is 13.2. The number of carbonyl (C=O) groups is 1. The second-order valence-corrected chi connectivity index (χ2v) is 9.43. The van der Waals surface area contributed by atoms with Crippen LogP contribution in [0.15, 0.2) is 54.9 Å². The minimum absolute atomic E-state index is 0.0602. The molecule has 11 heteroatoms. The van der Waals surface area contributed by atoms with Crippen LogP contribution in [0.5, 0.6) is 5.88 Å². The van der Waals surface area contributed by atoms with Crippen molar-refractivity contribution in [3.8, 4) is 5.88 Å². The average Bonchev–Trinajstić information content (AvgIpc) is 3.26. The van der Waals surface area contributed by atoms with E-state index in [2.05, 4.69) is 9.97 Å². The fourth-order valence-electron chi connectivity index (χ4n) is 4.15. The predicted octanol–water partition coefficient (Wildman–Crippen LogP) is 6.78. The van der Waals surface area contributed by atoms with Gasteiger partial charge in [-0.15, -0.1) is 0 Å². The lowest BCUT2D eigenvalue weighted by Crippen LogP contribution is -2.32. The molecule has 1 amide bonds. The largest absolute Gasteiger partial charge is 0.474 e. The molecule has 35 heavy (non-hydrogen) atoms. The van der Waals surface area contributed by atoms with E-state index in [1.54, 1.807) is 36.1 Å². The lowest BCUT2D eigenvalue weighted by atomic mass is 9.86. The summed E-state index contributed by atoms with van der Waals surface area (Å²) >= 11 is 18.2. The summed E-state index contributed by atoms with van der Waals surface area (Å²) in [6.07, 6.45) is -2.83. The van der Waals surface area contributed by atoms with Crippen molar-refractivity contribution < 1.29 is 22.7 Å². The number of carbonyl (C=O) groups excluding carboxylic acids is 1. The molecular formula is C24H19Cl3F3N3O2. The number of ether oxygens (including phenoxy) is 1. The van der Waals surface area contributed by atoms with Crippen LogP contribution in [-0.4, -0.2) is 40.0 Å². The van der Waals surface area contributed by atoms with Crippen molar-refractivity contribution in [2.75, 3.05) is 13.1 Å². The van der Waals surface area contributed by atoms with Crippen LogP contribution in [0, 0.1) is 5.92 Å². The topological polar surface area (TPSA) is 55.3 Å². The van der Waals surface area contributed by atoms with Gasteiger partial charge in [0.15, 0.2) is 0 Å². The number of nitrogens with zero attached hydrogens (tertiary/aromatic N) is 3. The van der Waals surface area contributed by atoms with E-state index in [9.17, 15) is 18.0 Å². The molecule has 1 aliphatic rings. The van der Waals surface area contributed by atoms with E-state index in [1.165, 1.54) is 12.3 Å². The summed E-state index contributed by atoms with van der Waals surface area (Å²) in [5.41, 5.74) is 0.395. The molecule has 1 aromatic carbocycles. The first-order chi connectivity index (χ1) is 16.5. The number of likely N-dealkylation sites (tertiary alicyclic amines) is 1. The Kier molecular flexibility index (Phi) is 7.45. The number of benzene rings is 1. The number of hydrogen-bond acceptors (Lipinski definition) is 4. The van der Waals surface area contributed by atoms with Crippen molar-refractivity contribution >= 4 is 40.7 Å². The summed E-state index contributed by atoms with van der Waals surface area (Å²) in [5, 5.41) is 1.07. The predicted molar refractivity (Wildman–Crippen MR) is 127 cm³/mol. The standard InChI is InChI=1S/C24H19Cl3F3N3O2/c1-13(35-22-7-4-16(10-32-22)24(28,29)30)17-11-33(23(34)15-3-6-21(27)31-9-15)12-18(17)14-2-5-19(25)20(26)8-14/h2-10,13,17-18H,11-12H2,1H3/t13-,17?,18+/m0/s1. The van der Waals surface area contributed by atoms with Crippen molar-refractivity contribution in [3.63, 3.8) is 0 Å². The zero-order valence-corrected chi connectivity index (χ0v) is 20.5. The van der Waals surface area contributed by atoms with Gasteiger partial charge in [-0.1, -0.05) is 40.9 Å². The molecule has 1 aliphatic heterocycles. The van der Waals surface area contributed by atoms with Gasteiger partial charge in [-0.3, -0.25) is 4.79 Å². The van der Waals surface area contributed by atoms with Gasteiger partial charge in [-0.2, -0.15) is 13.2 Å². The van der Waals surface area contributed by atoms with E-state index < -0.39 is 17.8 Å². The Balaban J connectivity index is 1.58. The van der Waals surface area contributed by atoms with Crippen LogP contribution in [-0.2, 0) is 6.18 Å². The fourth-order valence-corrected chi connectivity index (χ4v) is 4.56. The van der Waals surface area contributed by atoms with Crippen LogP contribution < -0.4 is 4.74 Å². The Morgan fingerprint density at radius 3 is 2.40 bits per heavy atom. The molecule has 1 fully saturated rings.